The lowest BCUT2D eigenvalue weighted by Crippen LogP contribution is -2.32. The van der Waals surface area contributed by atoms with Crippen molar-refractivity contribution in [2.75, 3.05) is 18.0 Å². The summed E-state index contributed by atoms with van der Waals surface area (Å²) in [5.41, 5.74) is 8.14. The van der Waals surface area contributed by atoms with Crippen LogP contribution in [0.25, 0.3) is 0 Å². The fourth-order valence-corrected chi connectivity index (χ4v) is 2.83. The zero-order valence-corrected chi connectivity index (χ0v) is 12.1. The maximum absolute atomic E-state index is 6.30. The van der Waals surface area contributed by atoms with Crippen LogP contribution >= 0.6 is 11.6 Å². The lowest BCUT2D eigenvalue weighted by atomic mass is 9.85. The normalized spacial score (nSPS) is 17.3. The Morgan fingerprint density at radius 1 is 1.44 bits per heavy atom. The minimum atomic E-state index is -0.00624. The molecule has 2 rings (SSSR count). The summed E-state index contributed by atoms with van der Waals surface area (Å²) in [5.74, 6) is 0.872. The van der Waals surface area contributed by atoms with Gasteiger partial charge in [-0.05, 0) is 50.3 Å². The Morgan fingerprint density at radius 2 is 2.17 bits per heavy atom. The average molecular weight is 267 g/mol. The van der Waals surface area contributed by atoms with Crippen molar-refractivity contribution in [3.63, 3.8) is 0 Å². The number of nitrogens with zero attached hydrogens (tertiary/aromatic N) is 1. The Labute approximate surface area is 115 Å². The van der Waals surface area contributed by atoms with Crippen LogP contribution < -0.4 is 10.6 Å². The third-order valence-corrected chi connectivity index (χ3v) is 4.25. The van der Waals surface area contributed by atoms with E-state index in [1.54, 1.807) is 0 Å². The van der Waals surface area contributed by atoms with E-state index >= 15 is 0 Å². The fourth-order valence-electron chi connectivity index (χ4n) is 2.49. The van der Waals surface area contributed by atoms with E-state index in [-0.39, 0.29) is 6.04 Å². The standard InChI is InChI=1S/C15H23ClN2/c1-3-18(10-12-5-4-6-12)13-7-8-14(11(2)17)15(16)9-13/h7-9,11-12H,3-6,10,17H2,1-2H3. The third-order valence-electron chi connectivity index (χ3n) is 3.92. The van der Waals surface area contributed by atoms with Gasteiger partial charge in [0.2, 0.25) is 0 Å². The molecule has 2 N–H and O–H groups in total. The second-order valence-electron chi connectivity index (χ2n) is 5.33. The van der Waals surface area contributed by atoms with Gasteiger partial charge in [0.1, 0.15) is 0 Å². The maximum atomic E-state index is 6.30. The molecule has 1 aliphatic rings. The first-order valence-corrected chi connectivity index (χ1v) is 7.29. The number of rotatable bonds is 5. The molecular formula is C15H23ClN2. The second kappa shape index (κ2) is 5.94. The van der Waals surface area contributed by atoms with Gasteiger partial charge in [-0.1, -0.05) is 24.1 Å². The largest absolute Gasteiger partial charge is 0.371 e. The smallest absolute Gasteiger partial charge is 0.0474 e. The van der Waals surface area contributed by atoms with Crippen LogP contribution in [-0.2, 0) is 0 Å². The van der Waals surface area contributed by atoms with Gasteiger partial charge in [0, 0.05) is 29.8 Å². The summed E-state index contributed by atoms with van der Waals surface area (Å²) in [7, 11) is 0. The Hall–Kier alpha value is -0.730. The van der Waals surface area contributed by atoms with Crippen LogP contribution in [0.1, 0.15) is 44.7 Å². The number of benzene rings is 1. The minimum Gasteiger partial charge on any atom is -0.371 e. The molecule has 1 aliphatic carbocycles. The summed E-state index contributed by atoms with van der Waals surface area (Å²) in [6, 6.07) is 6.26. The molecular weight excluding hydrogens is 244 g/mol. The zero-order valence-electron chi connectivity index (χ0n) is 11.3. The van der Waals surface area contributed by atoms with Crippen molar-refractivity contribution in [1.29, 1.82) is 0 Å². The van der Waals surface area contributed by atoms with Crippen LogP contribution in [0.15, 0.2) is 18.2 Å². The molecule has 18 heavy (non-hydrogen) atoms. The molecule has 0 aromatic heterocycles. The molecule has 1 aromatic rings. The second-order valence-corrected chi connectivity index (χ2v) is 5.74. The van der Waals surface area contributed by atoms with E-state index in [1.807, 2.05) is 6.92 Å². The molecule has 0 heterocycles. The van der Waals surface area contributed by atoms with Crippen LogP contribution in [0.3, 0.4) is 0 Å². The van der Waals surface area contributed by atoms with Crippen LogP contribution in [0.5, 0.6) is 0 Å². The zero-order chi connectivity index (χ0) is 13.1. The van der Waals surface area contributed by atoms with E-state index in [2.05, 4.69) is 30.0 Å². The summed E-state index contributed by atoms with van der Waals surface area (Å²) in [6.07, 6.45) is 4.15. The Bertz CT molecular complexity index is 399. The van der Waals surface area contributed by atoms with E-state index in [9.17, 15) is 0 Å². The van der Waals surface area contributed by atoms with Gasteiger partial charge in [-0.2, -0.15) is 0 Å². The molecule has 3 heteroatoms. The molecule has 1 atom stereocenters. The van der Waals surface area contributed by atoms with Gasteiger partial charge < -0.3 is 10.6 Å². The van der Waals surface area contributed by atoms with E-state index in [4.69, 9.17) is 17.3 Å². The summed E-state index contributed by atoms with van der Waals surface area (Å²) in [4.78, 5) is 2.42. The van der Waals surface area contributed by atoms with Crippen molar-refractivity contribution in [3.05, 3.63) is 28.8 Å². The fraction of sp³-hybridized carbons (Fsp3) is 0.600. The lowest BCUT2D eigenvalue weighted by Gasteiger charge is -2.33. The van der Waals surface area contributed by atoms with E-state index in [0.29, 0.717) is 0 Å². The summed E-state index contributed by atoms with van der Waals surface area (Å²) < 4.78 is 0. The van der Waals surface area contributed by atoms with E-state index in [1.165, 1.54) is 24.9 Å². The maximum Gasteiger partial charge on any atom is 0.0474 e. The molecule has 2 nitrogen and oxygen atoms in total. The van der Waals surface area contributed by atoms with Crippen LogP contribution in [0.2, 0.25) is 5.02 Å². The predicted molar refractivity (Wildman–Crippen MR) is 79.3 cm³/mol. The van der Waals surface area contributed by atoms with Crippen molar-refractivity contribution in [3.8, 4) is 0 Å². The number of halogens is 1. The molecule has 1 saturated carbocycles. The monoisotopic (exact) mass is 266 g/mol. The van der Waals surface area contributed by atoms with Crippen LogP contribution in [0.4, 0.5) is 5.69 Å². The topological polar surface area (TPSA) is 29.3 Å². The number of hydrogen-bond donors (Lipinski definition) is 1. The highest BCUT2D eigenvalue weighted by molar-refractivity contribution is 6.31. The van der Waals surface area contributed by atoms with Gasteiger partial charge in [-0.15, -0.1) is 0 Å². The minimum absolute atomic E-state index is 0.00624. The van der Waals surface area contributed by atoms with Gasteiger partial charge in [0.05, 0.1) is 0 Å². The lowest BCUT2D eigenvalue weighted by molar-refractivity contribution is 0.318. The Morgan fingerprint density at radius 3 is 2.61 bits per heavy atom. The van der Waals surface area contributed by atoms with Gasteiger partial charge in [-0.25, -0.2) is 0 Å². The van der Waals surface area contributed by atoms with Gasteiger partial charge in [-0.3, -0.25) is 0 Å². The molecule has 0 spiro atoms. The summed E-state index contributed by atoms with van der Waals surface area (Å²) in [5, 5.41) is 0.787. The number of hydrogen-bond acceptors (Lipinski definition) is 2. The van der Waals surface area contributed by atoms with Crippen molar-refractivity contribution in [2.45, 2.75) is 39.2 Å². The molecule has 0 amide bonds. The van der Waals surface area contributed by atoms with Crippen molar-refractivity contribution < 1.29 is 0 Å². The number of anilines is 1. The first-order chi connectivity index (χ1) is 8.61. The Kier molecular flexibility index (Phi) is 4.52. The van der Waals surface area contributed by atoms with Gasteiger partial charge in [0.15, 0.2) is 0 Å². The van der Waals surface area contributed by atoms with E-state index in [0.717, 1.165) is 29.6 Å². The average Bonchev–Trinajstić information content (AvgIpc) is 2.27. The van der Waals surface area contributed by atoms with Gasteiger partial charge in [0.25, 0.3) is 0 Å². The van der Waals surface area contributed by atoms with Crippen LogP contribution in [0, 0.1) is 5.92 Å². The molecule has 100 valence electrons. The molecule has 0 bridgehead atoms. The van der Waals surface area contributed by atoms with Crippen molar-refractivity contribution in [2.24, 2.45) is 11.7 Å². The van der Waals surface area contributed by atoms with Crippen molar-refractivity contribution >= 4 is 17.3 Å². The first kappa shape index (κ1) is 13.7. The molecule has 0 aliphatic heterocycles. The highest BCUT2D eigenvalue weighted by Gasteiger charge is 2.20. The number of nitrogens with two attached hydrogens (primary N) is 1. The highest BCUT2D eigenvalue weighted by Crippen LogP contribution is 2.31. The van der Waals surface area contributed by atoms with Gasteiger partial charge >= 0.3 is 0 Å². The highest BCUT2D eigenvalue weighted by atomic mass is 35.5. The SMILES string of the molecule is CCN(CC1CCC1)c1ccc(C(C)N)c(Cl)c1. The third kappa shape index (κ3) is 2.99. The first-order valence-electron chi connectivity index (χ1n) is 6.91. The molecule has 0 radical (unpaired) electrons. The summed E-state index contributed by atoms with van der Waals surface area (Å²) >= 11 is 6.30. The summed E-state index contributed by atoms with van der Waals surface area (Å²) in [6.45, 7) is 6.35. The molecule has 1 fully saturated rings. The van der Waals surface area contributed by atoms with Crippen LogP contribution in [-0.4, -0.2) is 13.1 Å². The molecule has 0 saturated heterocycles. The van der Waals surface area contributed by atoms with E-state index < -0.39 is 0 Å². The quantitative estimate of drug-likeness (QED) is 0.873. The predicted octanol–water partition coefficient (Wildman–Crippen LogP) is 3.99. The molecule has 1 unspecified atom stereocenters. The molecule has 1 aromatic carbocycles. The Balaban J connectivity index is 2.12. The van der Waals surface area contributed by atoms with Crippen molar-refractivity contribution in [1.82, 2.24) is 0 Å².